The van der Waals surface area contributed by atoms with Gasteiger partial charge < -0.3 is 14.9 Å². The van der Waals surface area contributed by atoms with E-state index in [9.17, 15) is 19.4 Å². The Labute approximate surface area is 185 Å². The molecule has 2 aliphatic carbocycles. The predicted octanol–water partition coefficient (Wildman–Crippen LogP) is 4.95. The summed E-state index contributed by atoms with van der Waals surface area (Å²) in [4.78, 5) is 14.3. The molecule has 5 rings (SSSR count). The van der Waals surface area contributed by atoms with Crippen molar-refractivity contribution in [3.05, 3.63) is 101 Å². The topological polar surface area (TPSA) is 70.0 Å². The Hall–Kier alpha value is -3.60. The number of hydrogen-bond acceptors (Lipinski definition) is 4. The number of anilines is 1. The molecule has 0 radical (unpaired) electrons. The molecule has 4 atom stereocenters. The minimum absolute atomic E-state index is 0.0962. The molecule has 3 aliphatic rings. The van der Waals surface area contributed by atoms with E-state index >= 15 is 0 Å². The van der Waals surface area contributed by atoms with E-state index in [2.05, 4.69) is 11.8 Å². The number of cyclic esters (lactones) is 1. The number of phenolic OH excluding ortho intramolecular Hbond substituents is 1. The van der Waals surface area contributed by atoms with Crippen LogP contribution in [-0.2, 0) is 4.74 Å². The lowest BCUT2D eigenvalue weighted by Crippen LogP contribution is -2.35. The lowest BCUT2D eigenvalue weighted by atomic mass is 9.84. The van der Waals surface area contributed by atoms with Crippen molar-refractivity contribution in [1.29, 1.82) is 0 Å². The Kier molecular flexibility index (Phi) is 5.17. The first-order valence-electron chi connectivity index (χ1n) is 10.6. The molecule has 0 bridgehead atoms. The number of nitrogens with zero attached hydrogens (tertiary/aromatic N) is 1. The zero-order valence-electron chi connectivity index (χ0n) is 17.2. The van der Waals surface area contributed by atoms with Crippen molar-refractivity contribution < 1.29 is 24.1 Å². The average molecular weight is 431 g/mol. The van der Waals surface area contributed by atoms with Gasteiger partial charge in [0.1, 0.15) is 17.6 Å². The van der Waals surface area contributed by atoms with Crippen molar-refractivity contribution in [2.24, 2.45) is 5.92 Å². The van der Waals surface area contributed by atoms with Gasteiger partial charge in [-0.2, -0.15) is 0 Å². The summed E-state index contributed by atoms with van der Waals surface area (Å²) in [5, 5.41) is 20.7. The van der Waals surface area contributed by atoms with Gasteiger partial charge >= 0.3 is 6.09 Å². The van der Waals surface area contributed by atoms with Crippen molar-refractivity contribution in [3.63, 3.8) is 0 Å². The van der Waals surface area contributed by atoms with Gasteiger partial charge in [-0.25, -0.2) is 9.18 Å². The number of allylic oxidation sites excluding steroid dienone is 5. The molecular formula is C26H22FNO4. The maximum Gasteiger partial charge on any atom is 0.415 e. The highest BCUT2D eigenvalue weighted by molar-refractivity contribution is 5.91. The van der Waals surface area contributed by atoms with Gasteiger partial charge in [-0.05, 0) is 60.9 Å². The van der Waals surface area contributed by atoms with E-state index in [1.165, 1.54) is 46.9 Å². The van der Waals surface area contributed by atoms with Crippen LogP contribution >= 0.6 is 0 Å². The Morgan fingerprint density at radius 3 is 2.50 bits per heavy atom. The van der Waals surface area contributed by atoms with Gasteiger partial charge in [0.05, 0.1) is 6.10 Å². The van der Waals surface area contributed by atoms with Crippen LogP contribution in [0.1, 0.15) is 24.4 Å². The molecule has 5 nitrogen and oxygen atoms in total. The number of carbonyl (C=O) groups excluding carboxylic acids is 1. The zero-order valence-corrected chi connectivity index (χ0v) is 17.2. The van der Waals surface area contributed by atoms with E-state index in [1.54, 1.807) is 12.1 Å². The van der Waals surface area contributed by atoms with Gasteiger partial charge in [-0.1, -0.05) is 35.9 Å². The number of fused-ring (bicyclic) bond motifs is 1. The Morgan fingerprint density at radius 2 is 1.84 bits per heavy atom. The SMILES string of the molecule is O=C1O[C@H]([C@@H](O)CCC2=C[C@@H]3C=C=C3C=C2)[C@@H](c2ccc(O)cc2)N1c1ccc(F)cc1. The van der Waals surface area contributed by atoms with Gasteiger partial charge in [0.15, 0.2) is 6.10 Å². The van der Waals surface area contributed by atoms with Crippen LogP contribution in [0.2, 0.25) is 0 Å². The third-order valence-electron chi connectivity index (χ3n) is 6.13. The lowest BCUT2D eigenvalue weighted by molar-refractivity contribution is 0.0147. The first kappa shape index (κ1) is 20.3. The van der Waals surface area contributed by atoms with Crippen molar-refractivity contribution in [2.75, 3.05) is 4.90 Å². The van der Waals surface area contributed by atoms with E-state index in [4.69, 9.17) is 4.74 Å². The molecule has 2 aromatic rings. The Balaban J connectivity index is 1.39. The second-order valence-electron chi connectivity index (χ2n) is 8.20. The molecule has 2 N–H and O–H groups in total. The first-order chi connectivity index (χ1) is 15.5. The molecule has 1 fully saturated rings. The highest BCUT2D eigenvalue weighted by Gasteiger charge is 2.46. The first-order valence-corrected chi connectivity index (χ1v) is 10.6. The molecule has 1 amide bonds. The molecule has 0 aromatic heterocycles. The van der Waals surface area contributed by atoms with Crippen LogP contribution in [0, 0.1) is 11.7 Å². The fourth-order valence-corrected chi connectivity index (χ4v) is 4.37. The number of aliphatic hydroxyl groups excluding tert-OH is 1. The van der Waals surface area contributed by atoms with Gasteiger partial charge in [0, 0.05) is 17.2 Å². The van der Waals surface area contributed by atoms with Crippen LogP contribution in [-0.4, -0.2) is 28.5 Å². The van der Waals surface area contributed by atoms with E-state index in [0.29, 0.717) is 30.0 Å². The van der Waals surface area contributed by atoms with Gasteiger partial charge in [0.2, 0.25) is 0 Å². The number of aliphatic hydroxyl groups is 1. The smallest absolute Gasteiger partial charge is 0.415 e. The molecule has 6 heteroatoms. The minimum Gasteiger partial charge on any atom is -0.508 e. The summed E-state index contributed by atoms with van der Waals surface area (Å²) in [6.07, 6.45) is 6.95. The minimum atomic E-state index is -0.911. The van der Waals surface area contributed by atoms with Crippen LogP contribution in [0.25, 0.3) is 0 Å². The summed E-state index contributed by atoms with van der Waals surface area (Å²) in [5.41, 5.74) is 6.60. The van der Waals surface area contributed by atoms with Crippen molar-refractivity contribution in [1.82, 2.24) is 0 Å². The monoisotopic (exact) mass is 431 g/mol. The third kappa shape index (κ3) is 3.75. The largest absolute Gasteiger partial charge is 0.508 e. The Bertz CT molecular complexity index is 1160. The molecule has 0 saturated carbocycles. The maximum atomic E-state index is 13.5. The van der Waals surface area contributed by atoms with E-state index in [-0.39, 0.29) is 5.75 Å². The predicted molar refractivity (Wildman–Crippen MR) is 118 cm³/mol. The number of benzene rings is 2. The molecule has 162 valence electrons. The number of carbonyl (C=O) groups is 1. The molecule has 2 aromatic carbocycles. The zero-order chi connectivity index (χ0) is 22.2. The van der Waals surface area contributed by atoms with E-state index in [0.717, 1.165) is 5.57 Å². The number of amides is 1. The molecule has 0 unspecified atom stereocenters. The summed E-state index contributed by atoms with van der Waals surface area (Å²) < 4.78 is 19.1. The summed E-state index contributed by atoms with van der Waals surface area (Å²) in [6, 6.07) is 11.4. The average Bonchev–Trinajstić information content (AvgIpc) is 3.12. The number of aromatic hydroxyl groups is 1. The summed E-state index contributed by atoms with van der Waals surface area (Å²) in [5.74, 6) is -0.0127. The van der Waals surface area contributed by atoms with Crippen molar-refractivity contribution in [2.45, 2.75) is 31.1 Å². The van der Waals surface area contributed by atoms with Crippen LogP contribution in [0.15, 0.2) is 89.7 Å². The van der Waals surface area contributed by atoms with Gasteiger partial charge in [-0.15, -0.1) is 5.73 Å². The molecule has 1 heterocycles. The van der Waals surface area contributed by atoms with Gasteiger partial charge in [-0.3, -0.25) is 4.90 Å². The van der Waals surface area contributed by atoms with Gasteiger partial charge in [0.25, 0.3) is 0 Å². The van der Waals surface area contributed by atoms with Crippen LogP contribution in [0.4, 0.5) is 14.9 Å². The molecule has 1 saturated heterocycles. The molecule has 32 heavy (non-hydrogen) atoms. The van der Waals surface area contributed by atoms with Crippen molar-refractivity contribution >= 4 is 11.8 Å². The van der Waals surface area contributed by atoms with Crippen LogP contribution < -0.4 is 4.90 Å². The standard InChI is InChI=1S/C26H22FNO4/c27-20-8-10-21(11-9-20)28-24(18-6-12-22(29)13-7-18)25(32-26(28)31)23(30)14-2-16-1-3-17-4-5-19(17)15-16/h1,3,5-13,15,19,23-25,29-30H,2,14H2/t19-,23-,24+,25+/m0/s1. The summed E-state index contributed by atoms with van der Waals surface area (Å²) in [6.45, 7) is 0. The lowest BCUT2D eigenvalue weighted by Gasteiger charge is -2.28. The second kappa shape index (κ2) is 8.15. The molecule has 1 aliphatic heterocycles. The number of rotatable bonds is 6. The Morgan fingerprint density at radius 1 is 1.09 bits per heavy atom. The fourth-order valence-electron chi connectivity index (χ4n) is 4.37. The molecule has 0 spiro atoms. The fraction of sp³-hybridized carbons (Fsp3) is 0.231. The second-order valence-corrected chi connectivity index (χ2v) is 8.20. The number of phenols is 1. The normalized spacial score (nSPS) is 24.4. The van der Waals surface area contributed by atoms with E-state index in [1.807, 2.05) is 18.2 Å². The number of halogens is 1. The number of hydrogen-bond donors (Lipinski definition) is 2. The van der Waals surface area contributed by atoms with E-state index < -0.39 is 30.2 Å². The third-order valence-corrected chi connectivity index (χ3v) is 6.13. The maximum absolute atomic E-state index is 13.5. The number of ether oxygens (including phenoxy) is 1. The van der Waals surface area contributed by atoms with Crippen molar-refractivity contribution in [3.8, 4) is 5.75 Å². The highest BCUT2D eigenvalue weighted by atomic mass is 19.1. The highest BCUT2D eigenvalue weighted by Crippen LogP contribution is 2.40. The quantitative estimate of drug-likeness (QED) is 0.636. The molecular weight excluding hydrogens is 409 g/mol. The van der Waals surface area contributed by atoms with Crippen LogP contribution in [0.3, 0.4) is 0 Å². The van der Waals surface area contributed by atoms with Crippen LogP contribution in [0.5, 0.6) is 5.75 Å². The summed E-state index contributed by atoms with van der Waals surface area (Å²) in [7, 11) is 0. The summed E-state index contributed by atoms with van der Waals surface area (Å²) >= 11 is 0.